The van der Waals surface area contributed by atoms with Crippen LogP contribution in [0, 0.1) is 0 Å². The molecule has 0 aliphatic carbocycles. The fourth-order valence-electron chi connectivity index (χ4n) is 3.00. The maximum absolute atomic E-state index is 12.0. The first-order valence-corrected chi connectivity index (χ1v) is 12.5. The molecule has 0 spiro atoms. The van der Waals surface area contributed by atoms with Gasteiger partial charge < -0.3 is 31.3 Å². The van der Waals surface area contributed by atoms with Crippen LogP contribution in [0.1, 0.15) is 20.3 Å². The van der Waals surface area contributed by atoms with Crippen LogP contribution in [0.25, 0.3) is 0 Å². The zero-order valence-corrected chi connectivity index (χ0v) is 22.7. The van der Waals surface area contributed by atoms with E-state index >= 15 is 0 Å². The summed E-state index contributed by atoms with van der Waals surface area (Å²) in [4.78, 5) is 18.8. The first-order chi connectivity index (χ1) is 17.1. The molecular formula is C26H41N5O4S. The highest BCUT2D eigenvalue weighted by Crippen LogP contribution is 2.29. The predicted octanol–water partition coefficient (Wildman–Crippen LogP) is 1.81. The van der Waals surface area contributed by atoms with E-state index in [0.29, 0.717) is 26.8 Å². The molecule has 0 saturated carbocycles. The quantitative estimate of drug-likeness (QED) is 0.247. The van der Waals surface area contributed by atoms with E-state index in [9.17, 15) is 9.90 Å². The van der Waals surface area contributed by atoms with Crippen LogP contribution >= 0.6 is 11.8 Å². The Balaban J connectivity index is 0.00000316. The monoisotopic (exact) mass is 519 g/mol. The van der Waals surface area contributed by atoms with Crippen LogP contribution in [-0.4, -0.2) is 85.2 Å². The number of thioether (sulfide) groups is 1. The molecule has 36 heavy (non-hydrogen) atoms. The second-order valence-corrected chi connectivity index (χ2v) is 9.46. The number of aliphatic hydroxyl groups excluding tert-OH is 1. The van der Waals surface area contributed by atoms with Gasteiger partial charge in [-0.3, -0.25) is 14.7 Å². The van der Waals surface area contributed by atoms with Gasteiger partial charge in [0.1, 0.15) is 10.9 Å². The summed E-state index contributed by atoms with van der Waals surface area (Å²) in [5.74, 6) is 0.201. The zero-order chi connectivity index (χ0) is 27.1. The smallest absolute Gasteiger partial charge is 0.249 e. The Bertz CT molecular complexity index is 923. The van der Waals surface area contributed by atoms with Gasteiger partial charge in [0.15, 0.2) is 0 Å². The van der Waals surface area contributed by atoms with Gasteiger partial charge in [0.25, 0.3) is 0 Å². The summed E-state index contributed by atoms with van der Waals surface area (Å²) < 4.78 is 5.37. The van der Waals surface area contributed by atoms with Crippen molar-refractivity contribution < 1.29 is 19.7 Å². The maximum atomic E-state index is 12.0. The normalized spacial score (nSPS) is 17.5. The van der Waals surface area contributed by atoms with E-state index in [1.54, 1.807) is 33.0 Å². The SMILES string of the molecule is C=C(/C=C\C(=C)C(C)(C)O)C1=NCC(C(N)=O)=C(N/C(=C/C=C\CCN2CCOCC2)NC)S1.CO. The second-order valence-electron chi connectivity index (χ2n) is 8.46. The third-order valence-corrected chi connectivity index (χ3v) is 6.47. The van der Waals surface area contributed by atoms with Crippen molar-refractivity contribution in [3.8, 4) is 0 Å². The average molecular weight is 520 g/mol. The number of ether oxygens (including phenoxy) is 1. The molecule has 1 amide bonds. The number of hydrogen-bond donors (Lipinski definition) is 5. The van der Waals surface area contributed by atoms with Crippen molar-refractivity contribution in [2.75, 3.05) is 53.6 Å². The van der Waals surface area contributed by atoms with Crippen LogP contribution in [0.2, 0.25) is 0 Å². The van der Waals surface area contributed by atoms with E-state index in [2.05, 4.69) is 39.8 Å². The largest absolute Gasteiger partial charge is 0.400 e. The molecule has 2 heterocycles. The van der Waals surface area contributed by atoms with Crippen molar-refractivity contribution in [2.45, 2.75) is 25.9 Å². The number of carbonyl (C=O) groups excluding carboxylic acids is 1. The lowest BCUT2D eigenvalue weighted by Crippen LogP contribution is -2.36. The van der Waals surface area contributed by atoms with Gasteiger partial charge in [0.2, 0.25) is 5.91 Å². The van der Waals surface area contributed by atoms with Crippen LogP contribution in [0.4, 0.5) is 0 Å². The predicted molar refractivity (Wildman–Crippen MR) is 149 cm³/mol. The van der Waals surface area contributed by atoms with Crippen LogP contribution in [0.15, 0.2) is 76.1 Å². The number of allylic oxidation sites excluding steroid dienone is 3. The number of rotatable bonds is 12. The fraction of sp³-hybridized carbons (Fsp3) is 0.462. The van der Waals surface area contributed by atoms with Gasteiger partial charge in [0.05, 0.1) is 36.0 Å². The highest BCUT2D eigenvalue weighted by molar-refractivity contribution is 8.17. The van der Waals surface area contributed by atoms with Crippen molar-refractivity contribution in [2.24, 2.45) is 10.7 Å². The molecule has 2 aliphatic heterocycles. The van der Waals surface area contributed by atoms with Gasteiger partial charge in [-0.25, -0.2) is 0 Å². The van der Waals surface area contributed by atoms with Crippen LogP contribution in [0.5, 0.6) is 0 Å². The van der Waals surface area contributed by atoms with Gasteiger partial charge >= 0.3 is 0 Å². The number of aliphatic imine (C=N–C) groups is 1. The number of morpholine rings is 1. The minimum absolute atomic E-state index is 0.158. The topological polar surface area (TPSA) is 132 Å². The van der Waals surface area contributed by atoms with Crippen molar-refractivity contribution in [1.29, 1.82) is 0 Å². The molecule has 1 fully saturated rings. The molecule has 0 aromatic heterocycles. The van der Waals surface area contributed by atoms with E-state index in [0.717, 1.165) is 52.2 Å². The molecule has 0 bridgehead atoms. The Morgan fingerprint density at radius 2 is 1.94 bits per heavy atom. The molecule has 0 unspecified atom stereocenters. The zero-order valence-electron chi connectivity index (χ0n) is 21.8. The number of primary amides is 1. The molecule has 6 N–H and O–H groups in total. The molecule has 2 rings (SSSR count). The molecular weight excluding hydrogens is 478 g/mol. The molecule has 0 atom stereocenters. The number of aliphatic hydroxyl groups is 2. The van der Waals surface area contributed by atoms with Crippen LogP contribution in [0.3, 0.4) is 0 Å². The van der Waals surface area contributed by atoms with Gasteiger partial charge in [-0.05, 0) is 37.5 Å². The summed E-state index contributed by atoms with van der Waals surface area (Å²) in [5, 5.41) is 24.7. The van der Waals surface area contributed by atoms with E-state index in [1.807, 2.05) is 12.2 Å². The first-order valence-electron chi connectivity index (χ1n) is 11.7. The van der Waals surface area contributed by atoms with Crippen molar-refractivity contribution in [3.63, 3.8) is 0 Å². The lowest BCUT2D eigenvalue weighted by atomic mass is 9.99. The minimum Gasteiger partial charge on any atom is -0.400 e. The lowest BCUT2D eigenvalue weighted by Gasteiger charge is -2.25. The number of amides is 1. The fourth-order valence-corrected chi connectivity index (χ4v) is 3.97. The van der Waals surface area contributed by atoms with Crippen LogP contribution < -0.4 is 16.4 Å². The summed E-state index contributed by atoms with van der Waals surface area (Å²) in [6.07, 6.45) is 10.4. The molecule has 0 aromatic rings. The van der Waals surface area contributed by atoms with Gasteiger partial charge in [-0.2, -0.15) is 0 Å². The molecule has 200 valence electrons. The summed E-state index contributed by atoms with van der Waals surface area (Å²) in [5.41, 5.74) is 6.18. The minimum atomic E-state index is -1.02. The molecule has 0 aromatic carbocycles. The average Bonchev–Trinajstić information content (AvgIpc) is 2.87. The Labute approximate surface area is 219 Å². The van der Waals surface area contributed by atoms with E-state index < -0.39 is 11.5 Å². The number of hydrogen-bond acceptors (Lipinski definition) is 9. The third kappa shape index (κ3) is 11.0. The van der Waals surface area contributed by atoms with Crippen molar-refractivity contribution >= 4 is 22.7 Å². The van der Waals surface area contributed by atoms with Crippen molar-refractivity contribution in [3.05, 3.63) is 71.1 Å². The van der Waals surface area contributed by atoms with Crippen molar-refractivity contribution in [1.82, 2.24) is 15.5 Å². The Morgan fingerprint density at radius 3 is 2.53 bits per heavy atom. The van der Waals surface area contributed by atoms with Gasteiger partial charge in [-0.15, -0.1) is 0 Å². The first kappa shape index (κ1) is 31.4. The summed E-state index contributed by atoms with van der Waals surface area (Å²) in [6, 6.07) is 0. The molecule has 1 saturated heterocycles. The second kappa shape index (κ2) is 16.2. The van der Waals surface area contributed by atoms with Gasteiger partial charge in [0, 0.05) is 33.8 Å². The Kier molecular flexibility index (Phi) is 14.1. The molecule has 0 radical (unpaired) electrons. The molecule has 9 nitrogen and oxygen atoms in total. The highest BCUT2D eigenvalue weighted by atomic mass is 32.2. The number of carbonyl (C=O) groups is 1. The molecule has 10 heteroatoms. The number of nitrogens with zero attached hydrogens (tertiary/aromatic N) is 2. The third-order valence-electron chi connectivity index (χ3n) is 5.33. The summed E-state index contributed by atoms with van der Waals surface area (Å²) >= 11 is 1.29. The standard InChI is InChI=1S/C25H37N5O3S.CH4O/c1-18(10-11-19(2)25(3,4)32)23-28-17-20(22(26)31)24(34-23)29-21(27-5)9-7-6-8-12-30-13-15-33-16-14-30;1-2/h6-7,9-11,27,29,32H,1-2,8,12-17H2,3-5H3,(H2,26,31);2H,1H3/b7-6-,11-10-,21-9+;. The maximum Gasteiger partial charge on any atom is 0.249 e. The lowest BCUT2D eigenvalue weighted by molar-refractivity contribution is -0.114. The number of nitrogens with two attached hydrogens (primary N) is 1. The molecule has 2 aliphatic rings. The summed E-state index contributed by atoms with van der Waals surface area (Å²) in [7, 11) is 2.80. The Morgan fingerprint density at radius 1 is 1.28 bits per heavy atom. The number of nitrogens with one attached hydrogen (secondary N) is 2. The van der Waals surface area contributed by atoms with E-state index in [1.165, 1.54) is 11.8 Å². The summed E-state index contributed by atoms with van der Waals surface area (Å²) in [6.45, 7) is 16.0. The highest BCUT2D eigenvalue weighted by Gasteiger charge is 2.22. The van der Waals surface area contributed by atoms with E-state index in [4.69, 9.17) is 15.6 Å². The van der Waals surface area contributed by atoms with Crippen LogP contribution in [-0.2, 0) is 9.53 Å². The van der Waals surface area contributed by atoms with E-state index in [-0.39, 0.29) is 6.54 Å². The Hall–Kier alpha value is -2.63. The van der Waals surface area contributed by atoms with Gasteiger partial charge in [-0.1, -0.05) is 49.2 Å².